The molecule has 0 saturated carbocycles. The molecule has 2 fully saturated rings. The monoisotopic (exact) mass is 430 g/mol. The maximum atomic E-state index is 13.2. The predicted octanol–water partition coefficient (Wildman–Crippen LogP) is 4.17. The molecule has 152 valence electrons. The van der Waals surface area contributed by atoms with Gasteiger partial charge in [-0.3, -0.25) is 9.59 Å². The lowest BCUT2D eigenvalue weighted by Gasteiger charge is -2.44. The first kappa shape index (κ1) is 20.1. The fraction of sp³-hybridized carbons (Fsp3) is 0.364. The molecule has 2 aromatic rings. The molecule has 2 heterocycles. The van der Waals surface area contributed by atoms with E-state index in [0.29, 0.717) is 41.5 Å². The van der Waals surface area contributed by atoms with Crippen LogP contribution in [-0.4, -0.2) is 59.0 Å². The van der Waals surface area contributed by atoms with E-state index in [4.69, 9.17) is 16.3 Å². The van der Waals surface area contributed by atoms with Crippen LogP contribution in [0.3, 0.4) is 0 Å². The molecule has 0 bridgehead atoms. The van der Waals surface area contributed by atoms with Crippen molar-refractivity contribution in [1.82, 2.24) is 9.80 Å². The Morgan fingerprint density at radius 1 is 0.966 bits per heavy atom. The largest absolute Gasteiger partial charge is 0.496 e. The highest BCUT2D eigenvalue weighted by molar-refractivity contribution is 8.00. The van der Waals surface area contributed by atoms with Gasteiger partial charge >= 0.3 is 0 Å². The fourth-order valence-corrected chi connectivity index (χ4v) is 5.81. The lowest BCUT2D eigenvalue weighted by atomic mass is 10.00. The summed E-state index contributed by atoms with van der Waals surface area (Å²) in [6.45, 7) is 1.92. The molecule has 4 rings (SSSR count). The van der Waals surface area contributed by atoms with Crippen LogP contribution in [0.15, 0.2) is 48.5 Å². The van der Waals surface area contributed by atoms with E-state index < -0.39 is 0 Å². The molecule has 0 aromatic heterocycles. The van der Waals surface area contributed by atoms with Crippen molar-refractivity contribution in [3.8, 4) is 5.75 Å². The SMILES string of the molecule is COc1ccccc1C(=O)N1CCC2(CC1)SCCN2C(=O)c1ccccc1Cl. The van der Waals surface area contributed by atoms with Crippen LogP contribution in [0.5, 0.6) is 5.75 Å². The summed E-state index contributed by atoms with van der Waals surface area (Å²) >= 11 is 8.09. The molecule has 2 aliphatic heterocycles. The minimum atomic E-state index is -0.270. The fourth-order valence-electron chi connectivity index (χ4n) is 4.14. The maximum absolute atomic E-state index is 13.2. The molecule has 0 radical (unpaired) electrons. The Bertz CT molecular complexity index is 928. The number of rotatable bonds is 3. The zero-order valence-electron chi connectivity index (χ0n) is 16.3. The number of thioether (sulfide) groups is 1. The smallest absolute Gasteiger partial charge is 0.257 e. The molecule has 7 heteroatoms. The summed E-state index contributed by atoms with van der Waals surface area (Å²) in [5.41, 5.74) is 1.12. The topological polar surface area (TPSA) is 49.9 Å². The second kappa shape index (κ2) is 8.28. The van der Waals surface area contributed by atoms with Crippen LogP contribution >= 0.6 is 23.4 Å². The molecular weight excluding hydrogens is 408 g/mol. The number of benzene rings is 2. The number of ether oxygens (including phenoxy) is 1. The molecule has 2 amide bonds. The number of hydrogen-bond donors (Lipinski definition) is 0. The van der Waals surface area contributed by atoms with Crippen molar-refractivity contribution in [2.45, 2.75) is 17.7 Å². The first-order chi connectivity index (χ1) is 14.1. The highest BCUT2D eigenvalue weighted by atomic mass is 35.5. The Balaban J connectivity index is 1.50. The molecule has 0 atom stereocenters. The van der Waals surface area contributed by atoms with Crippen molar-refractivity contribution in [1.29, 1.82) is 0 Å². The molecular formula is C22H23ClN2O3S. The van der Waals surface area contributed by atoms with Crippen LogP contribution in [0, 0.1) is 0 Å². The summed E-state index contributed by atoms with van der Waals surface area (Å²) in [5.74, 6) is 1.44. The van der Waals surface area contributed by atoms with Crippen LogP contribution in [-0.2, 0) is 0 Å². The van der Waals surface area contributed by atoms with E-state index in [-0.39, 0.29) is 16.7 Å². The third-order valence-electron chi connectivity index (χ3n) is 5.70. The molecule has 1 spiro atoms. The molecule has 0 unspecified atom stereocenters. The summed E-state index contributed by atoms with van der Waals surface area (Å²) in [6.07, 6.45) is 1.49. The molecule has 2 saturated heterocycles. The minimum Gasteiger partial charge on any atom is -0.496 e. The second-order valence-electron chi connectivity index (χ2n) is 7.22. The van der Waals surface area contributed by atoms with E-state index >= 15 is 0 Å². The van der Waals surface area contributed by atoms with Gasteiger partial charge in [0, 0.05) is 25.4 Å². The number of hydrogen-bond acceptors (Lipinski definition) is 4. The third kappa shape index (κ3) is 3.71. The number of piperidine rings is 1. The number of halogens is 1. The van der Waals surface area contributed by atoms with Crippen LogP contribution in [0.1, 0.15) is 33.6 Å². The maximum Gasteiger partial charge on any atom is 0.257 e. The number of carbonyl (C=O) groups excluding carboxylic acids is 2. The van der Waals surface area contributed by atoms with Crippen LogP contribution in [0.4, 0.5) is 0 Å². The van der Waals surface area contributed by atoms with E-state index in [1.807, 2.05) is 45.8 Å². The predicted molar refractivity (Wildman–Crippen MR) is 116 cm³/mol. The quantitative estimate of drug-likeness (QED) is 0.733. The Kier molecular flexibility index (Phi) is 5.74. The third-order valence-corrected chi connectivity index (χ3v) is 7.58. The van der Waals surface area contributed by atoms with E-state index in [0.717, 1.165) is 18.6 Å². The van der Waals surface area contributed by atoms with Gasteiger partial charge in [0.1, 0.15) is 5.75 Å². The van der Waals surface area contributed by atoms with Crippen molar-refractivity contribution in [2.75, 3.05) is 32.5 Å². The van der Waals surface area contributed by atoms with Crippen LogP contribution < -0.4 is 4.74 Å². The van der Waals surface area contributed by atoms with Crippen molar-refractivity contribution >= 4 is 35.2 Å². The summed E-state index contributed by atoms with van der Waals surface area (Å²) in [5, 5.41) is 0.480. The van der Waals surface area contributed by atoms with Crippen molar-refractivity contribution in [3.63, 3.8) is 0 Å². The van der Waals surface area contributed by atoms with Gasteiger partial charge in [-0.1, -0.05) is 35.9 Å². The van der Waals surface area contributed by atoms with Gasteiger partial charge in [-0.25, -0.2) is 0 Å². The van der Waals surface area contributed by atoms with E-state index in [1.54, 1.807) is 31.4 Å². The Morgan fingerprint density at radius 3 is 2.31 bits per heavy atom. The molecule has 2 aliphatic rings. The van der Waals surface area contributed by atoms with Crippen molar-refractivity contribution in [3.05, 3.63) is 64.7 Å². The number of nitrogens with zero attached hydrogens (tertiary/aromatic N) is 2. The van der Waals surface area contributed by atoms with E-state index in [2.05, 4.69) is 0 Å². The average molecular weight is 431 g/mol. The standard InChI is InChI=1S/C22H23ClN2O3S/c1-28-19-9-5-3-7-17(19)20(26)24-12-10-22(11-13-24)25(14-15-29-22)21(27)16-6-2-4-8-18(16)23/h2-9H,10-15H2,1H3. The second-order valence-corrected chi connectivity index (χ2v) is 9.09. The lowest BCUT2D eigenvalue weighted by Crippen LogP contribution is -2.53. The summed E-state index contributed by atoms with van der Waals surface area (Å²) < 4.78 is 5.34. The summed E-state index contributed by atoms with van der Waals surface area (Å²) in [4.78, 5) is 29.8. The first-order valence-electron chi connectivity index (χ1n) is 9.68. The highest BCUT2D eigenvalue weighted by Gasteiger charge is 2.47. The van der Waals surface area contributed by atoms with Gasteiger partial charge in [-0.15, -0.1) is 11.8 Å². The Morgan fingerprint density at radius 2 is 1.62 bits per heavy atom. The van der Waals surface area contributed by atoms with E-state index in [1.165, 1.54) is 0 Å². The van der Waals surface area contributed by atoms with Gasteiger partial charge in [0.05, 0.1) is 28.1 Å². The lowest BCUT2D eigenvalue weighted by molar-refractivity contribution is 0.0497. The number of amides is 2. The van der Waals surface area contributed by atoms with Gasteiger partial charge in [0.2, 0.25) is 0 Å². The number of para-hydroxylation sites is 1. The number of likely N-dealkylation sites (tertiary alicyclic amines) is 1. The average Bonchev–Trinajstić information content (AvgIpc) is 3.16. The van der Waals surface area contributed by atoms with Crippen LogP contribution in [0.25, 0.3) is 0 Å². The molecule has 5 nitrogen and oxygen atoms in total. The minimum absolute atomic E-state index is 0.0231. The van der Waals surface area contributed by atoms with Crippen LogP contribution in [0.2, 0.25) is 5.02 Å². The summed E-state index contributed by atoms with van der Waals surface area (Å²) in [7, 11) is 1.57. The van der Waals surface area contributed by atoms with Gasteiger partial charge in [-0.05, 0) is 37.1 Å². The van der Waals surface area contributed by atoms with Crippen molar-refractivity contribution in [2.24, 2.45) is 0 Å². The van der Waals surface area contributed by atoms with Gasteiger partial charge < -0.3 is 14.5 Å². The van der Waals surface area contributed by atoms with Gasteiger partial charge in [-0.2, -0.15) is 0 Å². The normalized spacial score (nSPS) is 18.1. The molecule has 0 N–H and O–H groups in total. The van der Waals surface area contributed by atoms with Gasteiger partial charge in [0.15, 0.2) is 0 Å². The molecule has 0 aliphatic carbocycles. The molecule has 2 aromatic carbocycles. The summed E-state index contributed by atoms with van der Waals surface area (Å²) in [6, 6.07) is 14.5. The number of methoxy groups -OCH3 is 1. The first-order valence-corrected chi connectivity index (χ1v) is 11.0. The Labute approximate surface area is 180 Å². The zero-order chi connectivity index (χ0) is 20.4. The van der Waals surface area contributed by atoms with Gasteiger partial charge in [0.25, 0.3) is 11.8 Å². The molecule has 29 heavy (non-hydrogen) atoms. The Hall–Kier alpha value is -2.18. The number of carbonyl (C=O) groups is 2. The van der Waals surface area contributed by atoms with E-state index in [9.17, 15) is 9.59 Å². The highest BCUT2D eigenvalue weighted by Crippen LogP contribution is 2.45. The van der Waals surface area contributed by atoms with Crippen molar-refractivity contribution < 1.29 is 14.3 Å². The zero-order valence-corrected chi connectivity index (χ0v) is 17.8.